The van der Waals surface area contributed by atoms with Crippen LogP contribution in [-0.4, -0.2) is 29.1 Å². The van der Waals surface area contributed by atoms with Crippen LogP contribution < -0.4 is 0 Å². The largest absolute Gasteiger partial charge is 0.449 e. The molecule has 0 aromatic rings. The highest BCUT2D eigenvalue weighted by atomic mass is 16.6. The van der Waals surface area contributed by atoms with Crippen LogP contribution in [-0.2, 0) is 14.3 Å². The highest BCUT2D eigenvalue weighted by Crippen LogP contribution is 2.21. The molecule has 0 aliphatic rings. The molecule has 0 rings (SSSR count). The summed E-state index contributed by atoms with van der Waals surface area (Å²) in [7, 11) is 0. The number of aliphatic hydroxyl groups excluding tert-OH is 1. The molecule has 1 N–H and O–H groups in total. The average molecular weight is 216 g/mol. The van der Waals surface area contributed by atoms with E-state index in [4.69, 9.17) is 9.84 Å². The average Bonchev–Trinajstić information content (AvgIpc) is 2.24. The third kappa shape index (κ3) is 4.42. The van der Waals surface area contributed by atoms with Gasteiger partial charge in [0.1, 0.15) is 6.10 Å². The summed E-state index contributed by atoms with van der Waals surface area (Å²) in [6.07, 6.45) is 2.19. The van der Waals surface area contributed by atoms with Gasteiger partial charge in [-0.05, 0) is 26.2 Å². The molecule has 0 amide bonds. The number of rotatable bonds is 7. The molecule has 15 heavy (non-hydrogen) atoms. The number of aldehydes is 1. The van der Waals surface area contributed by atoms with Crippen LogP contribution in [0.25, 0.3) is 0 Å². The Balaban J connectivity index is 4.48. The van der Waals surface area contributed by atoms with E-state index in [0.717, 1.165) is 12.8 Å². The third-order valence-electron chi connectivity index (χ3n) is 2.41. The fourth-order valence-electron chi connectivity index (χ4n) is 1.23. The normalized spacial score (nSPS) is 16.5. The fraction of sp³-hybridized carbons (Fsp3) is 0.818. The highest BCUT2D eigenvalue weighted by molar-refractivity contribution is 5.77. The molecule has 4 nitrogen and oxygen atoms in total. The summed E-state index contributed by atoms with van der Waals surface area (Å²) in [4.78, 5) is 22.2. The van der Waals surface area contributed by atoms with Crippen LogP contribution in [0.5, 0.6) is 0 Å². The van der Waals surface area contributed by atoms with E-state index >= 15 is 0 Å². The molecule has 0 aromatic carbocycles. The molecule has 4 heteroatoms. The maximum absolute atomic E-state index is 11.2. The Kier molecular flexibility index (Phi) is 6.17. The molecule has 0 spiro atoms. The third-order valence-corrected chi connectivity index (χ3v) is 2.41. The molecule has 0 radical (unpaired) electrons. The van der Waals surface area contributed by atoms with Gasteiger partial charge >= 0.3 is 5.97 Å². The number of ether oxygens (including phenoxy) is 1. The van der Waals surface area contributed by atoms with Crippen molar-refractivity contribution in [1.29, 1.82) is 0 Å². The molecule has 0 fully saturated rings. The zero-order valence-electron chi connectivity index (χ0n) is 9.66. The first-order valence-electron chi connectivity index (χ1n) is 5.38. The van der Waals surface area contributed by atoms with Crippen molar-refractivity contribution >= 4 is 12.3 Å². The van der Waals surface area contributed by atoms with Crippen LogP contribution in [0.15, 0.2) is 0 Å². The van der Waals surface area contributed by atoms with E-state index in [1.54, 1.807) is 6.92 Å². The molecule has 0 heterocycles. The lowest BCUT2D eigenvalue weighted by Crippen LogP contribution is -2.39. The Hall–Kier alpha value is -0.900. The lowest BCUT2D eigenvalue weighted by Gasteiger charge is -2.27. The Morgan fingerprint density at radius 3 is 2.47 bits per heavy atom. The molecular formula is C11H20O4. The second-order valence-electron chi connectivity index (χ2n) is 3.74. The quantitative estimate of drug-likeness (QED) is 0.516. The van der Waals surface area contributed by atoms with Gasteiger partial charge in [-0.2, -0.15) is 0 Å². The summed E-state index contributed by atoms with van der Waals surface area (Å²) in [6, 6.07) is 0. The standard InChI is InChI=1S/C11H20O4/c1-4-6-7-11(5-2,8-12)15-10(14)9(3)13/h8-9,13H,4-7H2,1-3H3. The minimum absolute atomic E-state index is 0.439. The van der Waals surface area contributed by atoms with Gasteiger partial charge in [0, 0.05) is 0 Å². The zero-order valence-corrected chi connectivity index (χ0v) is 9.66. The minimum atomic E-state index is -1.18. The second-order valence-corrected chi connectivity index (χ2v) is 3.74. The van der Waals surface area contributed by atoms with Gasteiger partial charge in [0.15, 0.2) is 11.9 Å². The Labute approximate surface area is 90.6 Å². The van der Waals surface area contributed by atoms with Gasteiger partial charge in [-0.15, -0.1) is 0 Å². The van der Waals surface area contributed by atoms with Crippen LogP contribution in [0.1, 0.15) is 46.5 Å². The number of unbranched alkanes of at least 4 members (excludes halogenated alkanes) is 1. The predicted octanol–water partition coefficient (Wildman–Crippen LogP) is 1.45. The van der Waals surface area contributed by atoms with E-state index in [-0.39, 0.29) is 0 Å². The molecule has 88 valence electrons. The summed E-state index contributed by atoms with van der Waals surface area (Å²) in [6.45, 7) is 5.12. The first-order valence-corrected chi connectivity index (χ1v) is 5.38. The topological polar surface area (TPSA) is 63.6 Å². The van der Waals surface area contributed by atoms with Gasteiger partial charge < -0.3 is 9.84 Å². The lowest BCUT2D eigenvalue weighted by molar-refractivity contribution is -0.171. The van der Waals surface area contributed by atoms with Crippen LogP contribution in [0.4, 0.5) is 0 Å². The number of hydrogen-bond donors (Lipinski definition) is 1. The van der Waals surface area contributed by atoms with Crippen molar-refractivity contribution in [1.82, 2.24) is 0 Å². The number of carbonyl (C=O) groups excluding carboxylic acids is 2. The summed E-state index contributed by atoms with van der Waals surface area (Å²) in [5.74, 6) is -0.736. The van der Waals surface area contributed by atoms with Crippen LogP contribution >= 0.6 is 0 Å². The summed E-state index contributed by atoms with van der Waals surface area (Å²) in [5.41, 5.74) is -1.05. The SMILES string of the molecule is CCCCC(C=O)(CC)OC(=O)C(C)O. The van der Waals surface area contributed by atoms with E-state index in [1.165, 1.54) is 6.92 Å². The van der Waals surface area contributed by atoms with Gasteiger partial charge in [-0.1, -0.05) is 20.3 Å². The molecule has 2 unspecified atom stereocenters. The van der Waals surface area contributed by atoms with Crippen molar-refractivity contribution in [3.63, 3.8) is 0 Å². The van der Waals surface area contributed by atoms with Gasteiger partial charge in [0.25, 0.3) is 0 Å². The van der Waals surface area contributed by atoms with Gasteiger partial charge in [0.2, 0.25) is 0 Å². The summed E-state index contributed by atoms with van der Waals surface area (Å²) in [5, 5.41) is 9.01. The van der Waals surface area contributed by atoms with E-state index in [0.29, 0.717) is 19.1 Å². The van der Waals surface area contributed by atoms with Crippen LogP contribution in [0.2, 0.25) is 0 Å². The van der Waals surface area contributed by atoms with Crippen LogP contribution in [0, 0.1) is 0 Å². The molecule has 2 atom stereocenters. The number of hydrogen-bond acceptors (Lipinski definition) is 4. The van der Waals surface area contributed by atoms with Crippen molar-refractivity contribution in [2.45, 2.75) is 58.2 Å². The van der Waals surface area contributed by atoms with Crippen molar-refractivity contribution in [2.24, 2.45) is 0 Å². The van der Waals surface area contributed by atoms with E-state index in [2.05, 4.69) is 0 Å². The number of aliphatic hydroxyl groups is 1. The maximum atomic E-state index is 11.2. The second kappa shape index (κ2) is 6.56. The maximum Gasteiger partial charge on any atom is 0.335 e. The van der Waals surface area contributed by atoms with Crippen LogP contribution in [0.3, 0.4) is 0 Å². The van der Waals surface area contributed by atoms with Crippen molar-refractivity contribution in [3.05, 3.63) is 0 Å². The number of carbonyl (C=O) groups is 2. The molecule has 0 aliphatic carbocycles. The first kappa shape index (κ1) is 14.1. The smallest absolute Gasteiger partial charge is 0.335 e. The lowest BCUT2D eigenvalue weighted by atomic mass is 9.95. The van der Waals surface area contributed by atoms with Crippen molar-refractivity contribution in [3.8, 4) is 0 Å². The van der Waals surface area contributed by atoms with Gasteiger partial charge in [-0.25, -0.2) is 4.79 Å². The van der Waals surface area contributed by atoms with Gasteiger partial charge in [0.05, 0.1) is 0 Å². The zero-order chi connectivity index (χ0) is 11.9. The fourth-order valence-corrected chi connectivity index (χ4v) is 1.23. The van der Waals surface area contributed by atoms with E-state index in [1.807, 2.05) is 6.92 Å². The number of esters is 1. The Morgan fingerprint density at radius 1 is 1.53 bits per heavy atom. The Bertz CT molecular complexity index is 213. The first-order chi connectivity index (χ1) is 7.01. The minimum Gasteiger partial charge on any atom is -0.449 e. The monoisotopic (exact) mass is 216 g/mol. The molecule has 0 saturated carbocycles. The molecule has 0 bridgehead atoms. The molecule has 0 aliphatic heterocycles. The molecule has 0 saturated heterocycles. The highest BCUT2D eigenvalue weighted by Gasteiger charge is 2.32. The molecule has 0 aromatic heterocycles. The van der Waals surface area contributed by atoms with Gasteiger partial charge in [-0.3, -0.25) is 4.79 Å². The Morgan fingerprint density at radius 2 is 2.13 bits per heavy atom. The van der Waals surface area contributed by atoms with Crippen molar-refractivity contribution < 1.29 is 19.4 Å². The van der Waals surface area contributed by atoms with Crippen molar-refractivity contribution in [2.75, 3.05) is 0 Å². The predicted molar refractivity (Wildman–Crippen MR) is 56.4 cm³/mol. The van der Waals surface area contributed by atoms with E-state index in [9.17, 15) is 9.59 Å². The van der Waals surface area contributed by atoms with E-state index < -0.39 is 17.7 Å². The summed E-state index contributed by atoms with van der Waals surface area (Å²) >= 11 is 0. The summed E-state index contributed by atoms with van der Waals surface area (Å²) < 4.78 is 5.04. The molecular weight excluding hydrogens is 196 g/mol.